The highest BCUT2D eigenvalue weighted by molar-refractivity contribution is 9.10. The van der Waals surface area contributed by atoms with Crippen LogP contribution < -0.4 is 4.74 Å². The fraction of sp³-hybridized carbons (Fsp3) is 0.600. The highest BCUT2D eigenvalue weighted by Gasteiger charge is 2.22. The van der Waals surface area contributed by atoms with E-state index in [0.717, 1.165) is 22.6 Å². The Labute approximate surface area is 127 Å². The Morgan fingerprint density at radius 1 is 1.33 bits per heavy atom. The summed E-state index contributed by atoms with van der Waals surface area (Å²) >= 11 is 7.42. The first-order chi connectivity index (χ1) is 8.70. The molecule has 0 heterocycles. The number of ether oxygens (including phenoxy) is 1. The van der Waals surface area contributed by atoms with Gasteiger partial charge in [-0.3, -0.25) is 0 Å². The van der Waals surface area contributed by atoms with E-state index in [-0.39, 0.29) is 0 Å². The smallest absolute Gasteiger partial charge is 0.133 e. The molecule has 0 bridgehead atoms. The molecule has 1 unspecified atom stereocenters. The van der Waals surface area contributed by atoms with Crippen LogP contribution in [-0.4, -0.2) is 11.9 Å². The molecule has 1 aromatic carbocycles. The van der Waals surface area contributed by atoms with Gasteiger partial charge < -0.3 is 4.74 Å². The van der Waals surface area contributed by atoms with Gasteiger partial charge in [0.05, 0.1) is 11.6 Å². The molecule has 0 aromatic heterocycles. The van der Waals surface area contributed by atoms with Crippen LogP contribution in [0.4, 0.5) is 0 Å². The number of aryl methyl sites for hydroxylation is 1. The first kappa shape index (κ1) is 14.4. The minimum Gasteiger partial charge on any atom is -0.496 e. The third-order valence-electron chi connectivity index (χ3n) is 3.84. The van der Waals surface area contributed by atoms with Gasteiger partial charge in [-0.25, -0.2) is 0 Å². The minimum atomic E-state index is 0.681. The van der Waals surface area contributed by atoms with E-state index in [0.29, 0.717) is 4.83 Å². The Morgan fingerprint density at radius 3 is 2.67 bits per heavy atom. The lowest BCUT2D eigenvalue weighted by Gasteiger charge is -2.17. The zero-order valence-corrected chi connectivity index (χ0v) is 14.0. The van der Waals surface area contributed by atoms with Gasteiger partial charge in [0, 0.05) is 4.83 Å². The van der Waals surface area contributed by atoms with Crippen LogP contribution in [0.1, 0.15) is 37.7 Å². The Balaban J connectivity index is 1.87. The van der Waals surface area contributed by atoms with Gasteiger partial charge in [-0.1, -0.05) is 34.8 Å². The molecule has 100 valence electrons. The number of methoxy groups -OCH3 is 1. The van der Waals surface area contributed by atoms with Gasteiger partial charge in [-0.05, 0) is 65.2 Å². The van der Waals surface area contributed by atoms with E-state index in [1.54, 1.807) is 7.11 Å². The van der Waals surface area contributed by atoms with Crippen molar-refractivity contribution in [3.63, 3.8) is 0 Å². The zero-order chi connectivity index (χ0) is 13.0. The van der Waals surface area contributed by atoms with Crippen LogP contribution in [0.5, 0.6) is 5.75 Å². The second-order valence-corrected chi connectivity index (χ2v) is 7.10. The van der Waals surface area contributed by atoms with Crippen molar-refractivity contribution in [2.45, 2.75) is 43.4 Å². The molecule has 0 N–H and O–H groups in total. The maximum Gasteiger partial charge on any atom is 0.133 e. The van der Waals surface area contributed by atoms with Crippen molar-refractivity contribution in [3.8, 4) is 5.75 Å². The van der Waals surface area contributed by atoms with Crippen molar-refractivity contribution in [3.05, 3.63) is 28.2 Å². The monoisotopic (exact) mass is 374 g/mol. The maximum atomic E-state index is 5.25. The summed E-state index contributed by atoms with van der Waals surface area (Å²) in [6.45, 7) is 0. The molecule has 18 heavy (non-hydrogen) atoms. The van der Waals surface area contributed by atoms with Gasteiger partial charge in [0.1, 0.15) is 5.75 Å². The minimum absolute atomic E-state index is 0.681. The normalized spacial score (nSPS) is 17.9. The summed E-state index contributed by atoms with van der Waals surface area (Å²) in [4.78, 5) is 0.681. The van der Waals surface area contributed by atoms with Crippen molar-refractivity contribution in [1.82, 2.24) is 0 Å². The Hall–Kier alpha value is -0.0200. The summed E-state index contributed by atoms with van der Waals surface area (Å²) in [6.07, 6.45) is 8.00. The third kappa shape index (κ3) is 3.74. The van der Waals surface area contributed by atoms with Crippen LogP contribution in [0.2, 0.25) is 0 Å². The molecule has 1 aliphatic rings. The van der Waals surface area contributed by atoms with Crippen LogP contribution in [-0.2, 0) is 6.42 Å². The van der Waals surface area contributed by atoms with Crippen LogP contribution in [0.25, 0.3) is 0 Å². The van der Waals surface area contributed by atoms with E-state index in [9.17, 15) is 0 Å². The molecule has 0 aliphatic heterocycles. The number of alkyl halides is 1. The number of halogens is 2. The molecule has 0 amide bonds. The standard InChI is InChI=1S/C15H20Br2O/c1-18-15-9-7-11(10-14(15)17)6-8-13(16)12-4-2-3-5-12/h7,9-10,12-13H,2-6,8H2,1H3. The van der Waals surface area contributed by atoms with Gasteiger partial charge in [0.25, 0.3) is 0 Å². The second kappa shape index (κ2) is 6.95. The van der Waals surface area contributed by atoms with Gasteiger partial charge in [0.2, 0.25) is 0 Å². The van der Waals surface area contributed by atoms with Crippen molar-refractivity contribution >= 4 is 31.9 Å². The molecule has 0 saturated heterocycles. The molecule has 0 spiro atoms. The first-order valence-electron chi connectivity index (χ1n) is 6.67. The molecule has 3 heteroatoms. The summed E-state index contributed by atoms with van der Waals surface area (Å²) in [6, 6.07) is 6.38. The van der Waals surface area contributed by atoms with E-state index in [1.807, 2.05) is 6.07 Å². The average Bonchev–Trinajstić information content (AvgIpc) is 2.90. The van der Waals surface area contributed by atoms with Crippen LogP contribution >= 0.6 is 31.9 Å². The molecular formula is C15H20Br2O. The maximum absolute atomic E-state index is 5.25. The van der Waals surface area contributed by atoms with Gasteiger partial charge in [-0.15, -0.1) is 0 Å². The van der Waals surface area contributed by atoms with E-state index in [2.05, 4.69) is 44.0 Å². The Morgan fingerprint density at radius 2 is 2.06 bits per heavy atom. The quantitative estimate of drug-likeness (QED) is 0.630. The third-order valence-corrected chi connectivity index (χ3v) is 5.66. The lowest BCUT2D eigenvalue weighted by Crippen LogP contribution is -2.11. The lowest BCUT2D eigenvalue weighted by atomic mass is 9.98. The van der Waals surface area contributed by atoms with Gasteiger partial charge in [0.15, 0.2) is 0 Å². The Bertz CT molecular complexity index is 386. The van der Waals surface area contributed by atoms with E-state index in [4.69, 9.17) is 4.74 Å². The highest BCUT2D eigenvalue weighted by Crippen LogP contribution is 2.34. The SMILES string of the molecule is COc1ccc(CCC(Br)C2CCCC2)cc1Br. The number of benzene rings is 1. The van der Waals surface area contributed by atoms with Gasteiger partial charge in [-0.2, -0.15) is 0 Å². The first-order valence-corrected chi connectivity index (χ1v) is 8.38. The Kier molecular flexibility index (Phi) is 5.56. The highest BCUT2D eigenvalue weighted by atomic mass is 79.9. The molecule has 0 radical (unpaired) electrons. The fourth-order valence-electron chi connectivity index (χ4n) is 2.72. The zero-order valence-electron chi connectivity index (χ0n) is 10.8. The van der Waals surface area contributed by atoms with Crippen LogP contribution in [0.3, 0.4) is 0 Å². The number of hydrogen-bond donors (Lipinski definition) is 0. The van der Waals surface area contributed by atoms with E-state index in [1.165, 1.54) is 37.7 Å². The van der Waals surface area contributed by atoms with Crippen molar-refractivity contribution in [2.24, 2.45) is 5.92 Å². The second-order valence-electron chi connectivity index (χ2n) is 5.07. The van der Waals surface area contributed by atoms with Crippen molar-refractivity contribution in [2.75, 3.05) is 7.11 Å². The largest absolute Gasteiger partial charge is 0.496 e. The van der Waals surface area contributed by atoms with Crippen LogP contribution in [0, 0.1) is 5.92 Å². The van der Waals surface area contributed by atoms with E-state index >= 15 is 0 Å². The van der Waals surface area contributed by atoms with Gasteiger partial charge >= 0.3 is 0 Å². The topological polar surface area (TPSA) is 9.23 Å². The molecule has 1 aromatic rings. The summed E-state index contributed by atoms with van der Waals surface area (Å²) in [5.41, 5.74) is 1.38. The number of hydrogen-bond acceptors (Lipinski definition) is 1. The molecule has 1 aliphatic carbocycles. The summed E-state index contributed by atoms with van der Waals surface area (Å²) in [7, 11) is 1.70. The molecule has 1 atom stereocenters. The lowest BCUT2D eigenvalue weighted by molar-refractivity contribution is 0.412. The average molecular weight is 376 g/mol. The predicted octanol–water partition coefficient (Wildman–Crippen LogP) is 5.34. The molecule has 2 rings (SSSR count). The van der Waals surface area contributed by atoms with Crippen molar-refractivity contribution < 1.29 is 4.74 Å². The van der Waals surface area contributed by atoms with Crippen LogP contribution in [0.15, 0.2) is 22.7 Å². The summed E-state index contributed by atoms with van der Waals surface area (Å²) < 4.78 is 6.30. The molecule has 1 saturated carbocycles. The molecule has 1 fully saturated rings. The summed E-state index contributed by atoms with van der Waals surface area (Å²) in [5.74, 6) is 1.80. The molecule has 1 nitrogen and oxygen atoms in total. The molecular weight excluding hydrogens is 356 g/mol. The summed E-state index contributed by atoms with van der Waals surface area (Å²) in [5, 5.41) is 0. The fourth-order valence-corrected chi connectivity index (χ4v) is 4.07. The predicted molar refractivity (Wildman–Crippen MR) is 83.7 cm³/mol. The number of rotatable bonds is 5. The van der Waals surface area contributed by atoms with Crippen molar-refractivity contribution in [1.29, 1.82) is 0 Å². The van der Waals surface area contributed by atoms with E-state index < -0.39 is 0 Å².